The molecule has 3 aromatic rings. The van der Waals surface area contributed by atoms with E-state index in [1.807, 2.05) is 35.2 Å². The molecule has 0 radical (unpaired) electrons. The molecule has 11 heteroatoms. The number of benzene rings is 2. The molecule has 3 fully saturated rings. The summed E-state index contributed by atoms with van der Waals surface area (Å²) in [6, 6.07) is 14.7. The molecule has 1 aromatic heterocycles. The Labute approximate surface area is 248 Å². The summed E-state index contributed by atoms with van der Waals surface area (Å²) in [5.41, 5.74) is 1.28. The Bertz CT molecular complexity index is 1470. The second kappa shape index (κ2) is 11.9. The topological polar surface area (TPSA) is 103 Å². The van der Waals surface area contributed by atoms with Crippen molar-refractivity contribution in [3.05, 3.63) is 83.0 Å². The lowest BCUT2D eigenvalue weighted by Crippen LogP contribution is -2.48. The van der Waals surface area contributed by atoms with Gasteiger partial charge in [0, 0.05) is 49.1 Å². The molecule has 2 saturated heterocycles. The van der Waals surface area contributed by atoms with Gasteiger partial charge in [0.05, 0.1) is 18.4 Å². The van der Waals surface area contributed by atoms with E-state index in [1.54, 1.807) is 11.1 Å². The van der Waals surface area contributed by atoms with Crippen molar-refractivity contribution in [1.29, 1.82) is 5.26 Å². The normalized spacial score (nSPS) is 20.7. The smallest absolute Gasteiger partial charge is 0.410 e. The largest absolute Gasteiger partial charge is 0.415 e. The molecule has 0 bridgehead atoms. The Morgan fingerprint density at radius 3 is 2.31 bits per heavy atom. The van der Waals surface area contributed by atoms with E-state index < -0.39 is 11.9 Å². The van der Waals surface area contributed by atoms with Gasteiger partial charge in [0.25, 0.3) is 0 Å². The zero-order valence-corrected chi connectivity index (χ0v) is 23.7. The fraction of sp³-hybridized carbons (Fsp3) is 0.387. The number of nitrogens with zero attached hydrogens (tertiary/aromatic N) is 6. The van der Waals surface area contributed by atoms with Crippen LogP contribution in [0, 0.1) is 23.1 Å². The van der Waals surface area contributed by atoms with E-state index in [0.717, 1.165) is 18.4 Å². The van der Waals surface area contributed by atoms with Crippen molar-refractivity contribution in [3.8, 4) is 11.8 Å². The molecule has 9 nitrogen and oxygen atoms in total. The minimum atomic E-state index is -0.487. The molecule has 1 saturated carbocycles. The van der Waals surface area contributed by atoms with Crippen LogP contribution in [0.3, 0.4) is 0 Å². The molecular weight excluding hydrogens is 559 g/mol. The first-order valence-corrected chi connectivity index (χ1v) is 14.5. The number of amides is 2. The van der Waals surface area contributed by atoms with Crippen LogP contribution in [0.2, 0.25) is 5.02 Å². The number of aromatic nitrogens is 2. The highest BCUT2D eigenvalue weighted by molar-refractivity contribution is 6.30. The van der Waals surface area contributed by atoms with Crippen LogP contribution in [0.15, 0.2) is 60.9 Å². The number of carbonyl (C=O) groups excluding carboxylic acids is 2. The third kappa shape index (κ3) is 6.02. The van der Waals surface area contributed by atoms with E-state index in [0.29, 0.717) is 49.9 Å². The monoisotopic (exact) mass is 588 g/mol. The molecule has 3 aliphatic rings. The van der Waals surface area contributed by atoms with Crippen LogP contribution >= 0.6 is 11.6 Å². The zero-order valence-electron chi connectivity index (χ0n) is 22.9. The number of likely N-dealkylation sites (tertiary alicyclic amines) is 1. The van der Waals surface area contributed by atoms with Gasteiger partial charge in [-0.3, -0.25) is 9.69 Å². The molecule has 2 amide bonds. The molecular formula is C31H30ClFN6O3. The second-order valence-corrected chi connectivity index (χ2v) is 11.5. The quantitative estimate of drug-likeness (QED) is 0.398. The van der Waals surface area contributed by atoms with Crippen LogP contribution in [-0.4, -0.2) is 70.0 Å². The van der Waals surface area contributed by atoms with Crippen molar-refractivity contribution < 1.29 is 18.7 Å². The fourth-order valence-electron chi connectivity index (χ4n) is 6.01. The maximum Gasteiger partial charge on any atom is 0.415 e. The molecule has 216 valence electrons. The third-order valence-electron chi connectivity index (χ3n) is 8.35. The summed E-state index contributed by atoms with van der Waals surface area (Å²) < 4.78 is 19.1. The average molecular weight is 589 g/mol. The van der Waals surface area contributed by atoms with Gasteiger partial charge in [-0.2, -0.15) is 5.26 Å². The SMILES string of the molecule is N#Cc1cnc(N2CCC(C(=O)N3CC(c4ccc(Cl)cc4)C(N(C(=O)Oc4ccc(F)cc4)C4CC4)C3)CC2)cn1. The number of halogens is 2. The number of carbonyl (C=O) groups is 2. The van der Waals surface area contributed by atoms with Crippen molar-refractivity contribution in [2.24, 2.45) is 5.92 Å². The highest BCUT2D eigenvalue weighted by Crippen LogP contribution is 2.39. The van der Waals surface area contributed by atoms with Crippen LogP contribution in [0.1, 0.15) is 42.9 Å². The Morgan fingerprint density at radius 1 is 0.976 bits per heavy atom. The number of piperidine rings is 1. The molecule has 3 heterocycles. The van der Waals surface area contributed by atoms with Crippen molar-refractivity contribution in [2.45, 2.75) is 43.7 Å². The lowest BCUT2D eigenvalue weighted by atomic mass is 9.93. The van der Waals surface area contributed by atoms with E-state index in [4.69, 9.17) is 21.6 Å². The number of anilines is 1. The van der Waals surface area contributed by atoms with Gasteiger partial charge in [-0.05, 0) is 67.6 Å². The minimum Gasteiger partial charge on any atom is -0.410 e. The van der Waals surface area contributed by atoms with Crippen molar-refractivity contribution >= 4 is 29.4 Å². The van der Waals surface area contributed by atoms with E-state index in [9.17, 15) is 14.0 Å². The van der Waals surface area contributed by atoms with Gasteiger partial charge in [-0.1, -0.05) is 23.7 Å². The molecule has 0 N–H and O–H groups in total. The number of hydrogen-bond donors (Lipinski definition) is 0. The van der Waals surface area contributed by atoms with E-state index in [-0.39, 0.29) is 41.3 Å². The highest BCUT2D eigenvalue weighted by Gasteiger charge is 2.48. The summed E-state index contributed by atoms with van der Waals surface area (Å²) >= 11 is 6.18. The van der Waals surface area contributed by atoms with Gasteiger partial charge >= 0.3 is 6.09 Å². The molecule has 2 atom stereocenters. The first-order chi connectivity index (χ1) is 20.4. The van der Waals surface area contributed by atoms with E-state index in [1.165, 1.54) is 30.5 Å². The summed E-state index contributed by atoms with van der Waals surface area (Å²) in [7, 11) is 0. The summed E-state index contributed by atoms with van der Waals surface area (Å²) in [6.07, 6.45) is 5.65. The van der Waals surface area contributed by atoms with Crippen LogP contribution in [0.25, 0.3) is 0 Å². The molecule has 2 aliphatic heterocycles. The van der Waals surface area contributed by atoms with Crippen LogP contribution < -0.4 is 9.64 Å². The van der Waals surface area contributed by atoms with Gasteiger partial charge in [0.1, 0.15) is 23.5 Å². The Hall–Kier alpha value is -4.23. The molecule has 2 aromatic carbocycles. The fourth-order valence-corrected chi connectivity index (χ4v) is 6.13. The maximum absolute atomic E-state index is 13.9. The predicted molar refractivity (Wildman–Crippen MR) is 154 cm³/mol. The van der Waals surface area contributed by atoms with Gasteiger partial charge in [-0.15, -0.1) is 0 Å². The van der Waals surface area contributed by atoms with Gasteiger partial charge in [0.2, 0.25) is 5.91 Å². The maximum atomic E-state index is 13.9. The van der Waals surface area contributed by atoms with E-state index >= 15 is 0 Å². The first kappa shape index (κ1) is 27.9. The first-order valence-electron chi connectivity index (χ1n) is 14.2. The van der Waals surface area contributed by atoms with Crippen LogP contribution in [0.5, 0.6) is 5.75 Å². The zero-order chi connectivity index (χ0) is 29.2. The van der Waals surface area contributed by atoms with Gasteiger partial charge < -0.3 is 14.5 Å². The number of ether oxygens (including phenoxy) is 1. The van der Waals surface area contributed by atoms with Crippen LogP contribution in [-0.2, 0) is 4.79 Å². The van der Waals surface area contributed by atoms with Crippen molar-refractivity contribution in [3.63, 3.8) is 0 Å². The Balaban J connectivity index is 1.18. The Kier molecular flexibility index (Phi) is 7.94. The number of rotatable bonds is 6. The number of nitriles is 1. The number of hydrogen-bond acceptors (Lipinski definition) is 7. The lowest BCUT2D eigenvalue weighted by Gasteiger charge is -2.34. The molecule has 1 aliphatic carbocycles. The average Bonchev–Trinajstić information content (AvgIpc) is 3.76. The summed E-state index contributed by atoms with van der Waals surface area (Å²) in [4.78, 5) is 41.6. The lowest BCUT2D eigenvalue weighted by molar-refractivity contribution is -0.135. The van der Waals surface area contributed by atoms with Gasteiger partial charge in [-0.25, -0.2) is 19.2 Å². The Morgan fingerprint density at radius 2 is 1.69 bits per heavy atom. The van der Waals surface area contributed by atoms with Crippen molar-refractivity contribution in [2.75, 3.05) is 31.1 Å². The summed E-state index contributed by atoms with van der Waals surface area (Å²) in [6.45, 7) is 2.21. The molecule has 0 spiro atoms. The van der Waals surface area contributed by atoms with Crippen molar-refractivity contribution in [1.82, 2.24) is 19.8 Å². The predicted octanol–water partition coefficient (Wildman–Crippen LogP) is 5.02. The molecule has 2 unspecified atom stereocenters. The van der Waals surface area contributed by atoms with Crippen LogP contribution in [0.4, 0.5) is 15.0 Å². The summed E-state index contributed by atoms with van der Waals surface area (Å²) in [5.74, 6) is 0.407. The second-order valence-electron chi connectivity index (χ2n) is 11.1. The van der Waals surface area contributed by atoms with E-state index in [2.05, 4.69) is 14.9 Å². The highest BCUT2D eigenvalue weighted by atomic mass is 35.5. The van der Waals surface area contributed by atoms with Gasteiger partial charge in [0.15, 0.2) is 5.69 Å². The third-order valence-corrected chi connectivity index (χ3v) is 8.60. The molecule has 6 rings (SSSR count). The molecule has 42 heavy (non-hydrogen) atoms. The standard InChI is InChI=1S/C31H30ClFN6O3/c32-22-3-1-20(2-4-22)27-18-38(30(40)21-11-13-37(14-12-21)29-17-35-24(15-34)16-36-29)19-28(27)39(25-7-8-25)31(41)42-26-9-5-23(33)6-10-26/h1-6,9-10,16-17,21,25,27-28H,7-8,11-14,18-19H2. The summed E-state index contributed by atoms with van der Waals surface area (Å²) in [5, 5.41) is 9.60. The minimum absolute atomic E-state index is 0.0320.